The maximum absolute atomic E-state index is 13.5. The fraction of sp³-hybridized carbons (Fsp3) is 0.174. The number of fused-ring (bicyclic) bond motifs is 1. The molecule has 28 heavy (non-hydrogen) atoms. The largest absolute Gasteiger partial charge is 0.310 e. The van der Waals surface area contributed by atoms with Gasteiger partial charge in [-0.2, -0.15) is 0 Å². The molecule has 0 aliphatic heterocycles. The molecule has 0 aliphatic carbocycles. The molecule has 0 atom stereocenters. The van der Waals surface area contributed by atoms with E-state index in [0.717, 1.165) is 29.6 Å². The molecule has 1 aromatic heterocycles. The summed E-state index contributed by atoms with van der Waals surface area (Å²) in [5.41, 5.74) is 5.79. The number of imidazole rings is 1. The highest BCUT2D eigenvalue weighted by atomic mass is 35.5. The van der Waals surface area contributed by atoms with Gasteiger partial charge in [0.15, 0.2) is 0 Å². The molecule has 0 saturated heterocycles. The zero-order valence-corrected chi connectivity index (χ0v) is 16.4. The summed E-state index contributed by atoms with van der Waals surface area (Å²) in [7, 11) is 0. The Morgan fingerprint density at radius 2 is 1.54 bits per heavy atom. The highest BCUT2D eigenvalue weighted by molar-refractivity contribution is 6.30. The topological polar surface area (TPSA) is 33.7 Å². The molecular formula is C23H21ClFN3. The summed E-state index contributed by atoms with van der Waals surface area (Å²) in [5, 5.41) is 8.84. The monoisotopic (exact) mass is 393 g/mol. The number of aromatic nitrogens is 2. The number of hydrogen-bond donors (Lipinski definition) is 1. The second-order valence-corrected chi connectivity index (χ2v) is 7.44. The van der Waals surface area contributed by atoms with Crippen molar-refractivity contribution >= 4 is 22.6 Å². The molecule has 5 heteroatoms. The number of halogens is 2. The van der Waals surface area contributed by atoms with Gasteiger partial charge >= 0.3 is 0 Å². The van der Waals surface area contributed by atoms with Crippen LogP contribution >= 0.6 is 11.6 Å². The van der Waals surface area contributed by atoms with E-state index in [1.54, 1.807) is 12.1 Å². The van der Waals surface area contributed by atoms with Crippen molar-refractivity contribution in [2.75, 3.05) is 0 Å². The first-order chi connectivity index (χ1) is 13.5. The Kier molecular flexibility index (Phi) is 5.05. The molecule has 0 spiro atoms. The normalized spacial score (nSPS) is 11.2. The summed E-state index contributed by atoms with van der Waals surface area (Å²) >= 11 is 5.94. The van der Waals surface area contributed by atoms with E-state index < -0.39 is 5.82 Å². The lowest BCUT2D eigenvalue weighted by Gasteiger charge is -2.07. The minimum absolute atomic E-state index is 0.104. The molecular weight excluding hydrogens is 373 g/mol. The van der Waals surface area contributed by atoms with Crippen molar-refractivity contribution in [3.63, 3.8) is 0 Å². The molecule has 3 nitrogen and oxygen atoms in total. The highest BCUT2D eigenvalue weighted by Crippen LogP contribution is 2.19. The van der Waals surface area contributed by atoms with E-state index in [-0.39, 0.29) is 5.02 Å². The fourth-order valence-corrected chi connectivity index (χ4v) is 3.70. The van der Waals surface area contributed by atoms with Crippen LogP contribution in [0.25, 0.3) is 11.0 Å². The van der Waals surface area contributed by atoms with Crippen molar-refractivity contribution in [1.29, 1.82) is 5.41 Å². The summed E-state index contributed by atoms with van der Waals surface area (Å²) in [6, 6.07) is 21.2. The summed E-state index contributed by atoms with van der Waals surface area (Å²) in [5.74, 6) is -0.429. The second-order valence-electron chi connectivity index (χ2n) is 7.03. The number of nitrogens with zero attached hydrogens (tertiary/aromatic N) is 2. The first kappa shape index (κ1) is 18.5. The quantitative estimate of drug-likeness (QED) is 0.476. The van der Waals surface area contributed by atoms with E-state index in [1.807, 2.05) is 33.4 Å². The summed E-state index contributed by atoms with van der Waals surface area (Å²) < 4.78 is 17.4. The van der Waals surface area contributed by atoms with Crippen LogP contribution in [0.15, 0.2) is 66.7 Å². The Labute approximate surface area is 168 Å². The van der Waals surface area contributed by atoms with E-state index in [0.29, 0.717) is 12.2 Å². The molecule has 4 aromatic rings. The molecule has 0 unspecified atom stereocenters. The standard InChI is InChI=1S/C23H21ClFN3/c1-16-6-8-17(9-7-16)12-13-27-21-4-2-3-5-22(21)28(23(27)26)15-18-10-11-20(25)19(24)14-18/h2-11,14,26H,12-13,15H2,1H3. The molecule has 4 rings (SSSR count). The van der Waals surface area contributed by atoms with Crippen LogP contribution in [0.2, 0.25) is 5.02 Å². The van der Waals surface area contributed by atoms with Gasteiger partial charge < -0.3 is 9.13 Å². The van der Waals surface area contributed by atoms with E-state index in [1.165, 1.54) is 17.2 Å². The Balaban J connectivity index is 1.69. The van der Waals surface area contributed by atoms with Gasteiger partial charge in [0, 0.05) is 6.54 Å². The lowest BCUT2D eigenvalue weighted by molar-refractivity contribution is 0.616. The Morgan fingerprint density at radius 3 is 2.21 bits per heavy atom. The van der Waals surface area contributed by atoms with Crippen molar-refractivity contribution in [3.8, 4) is 0 Å². The van der Waals surface area contributed by atoms with Crippen LogP contribution in [0.3, 0.4) is 0 Å². The van der Waals surface area contributed by atoms with Crippen LogP contribution in [0.1, 0.15) is 16.7 Å². The minimum Gasteiger partial charge on any atom is -0.310 e. The zero-order chi connectivity index (χ0) is 19.7. The van der Waals surface area contributed by atoms with Crippen LogP contribution in [-0.4, -0.2) is 9.13 Å². The van der Waals surface area contributed by atoms with Crippen molar-refractivity contribution in [1.82, 2.24) is 9.13 Å². The van der Waals surface area contributed by atoms with Gasteiger partial charge in [-0.25, -0.2) is 4.39 Å². The van der Waals surface area contributed by atoms with Crippen LogP contribution in [-0.2, 0) is 19.5 Å². The van der Waals surface area contributed by atoms with Gasteiger partial charge in [-0.15, -0.1) is 0 Å². The maximum Gasteiger partial charge on any atom is 0.203 e. The molecule has 1 heterocycles. The number of para-hydroxylation sites is 2. The summed E-state index contributed by atoms with van der Waals surface area (Å²) in [6.07, 6.45) is 0.854. The van der Waals surface area contributed by atoms with Crippen LogP contribution in [0, 0.1) is 18.2 Å². The van der Waals surface area contributed by atoms with Crippen molar-refractivity contribution < 1.29 is 4.39 Å². The van der Waals surface area contributed by atoms with Gasteiger partial charge in [0.2, 0.25) is 5.62 Å². The maximum atomic E-state index is 13.5. The zero-order valence-electron chi connectivity index (χ0n) is 15.6. The average Bonchev–Trinajstić information content (AvgIpc) is 2.96. The molecule has 0 radical (unpaired) electrons. The molecule has 0 aliphatic rings. The van der Waals surface area contributed by atoms with Crippen molar-refractivity contribution in [3.05, 3.63) is 99.9 Å². The van der Waals surface area contributed by atoms with Crippen LogP contribution in [0.4, 0.5) is 4.39 Å². The van der Waals surface area contributed by atoms with Gasteiger partial charge in [0.1, 0.15) is 5.82 Å². The number of benzene rings is 3. The summed E-state index contributed by atoms with van der Waals surface area (Å²) in [6.45, 7) is 3.27. The molecule has 0 saturated carbocycles. The van der Waals surface area contributed by atoms with E-state index in [4.69, 9.17) is 17.0 Å². The molecule has 0 amide bonds. The average molecular weight is 394 g/mol. The van der Waals surface area contributed by atoms with Gasteiger partial charge in [-0.1, -0.05) is 59.6 Å². The summed E-state index contributed by atoms with van der Waals surface area (Å²) in [4.78, 5) is 0. The molecule has 0 fully saturated rings. The first-order valence-electron chi connectivity index (χ1n) is 9.25. The highest BCUT2D eigenvalue weighted by Gasteiger charge is 2.12. The molecule has 3 aromatic carbocycles. The Hall–Kier alpha value is -2.85. The number of nitrogens with one attached hydrogen (secondary N) is 1. The van der Waals surface area contributed by atoms with Gasteiger partial charge in [0.25, 0.3) is 0 Å². The third-order valence-electron chi connectivity index (χ3n) is 5.04. The van der Waals surface area contributed by atoms with E-state index in [9.17, 15) is 4.39 Å². The lowest BCUT2D eigenvalue weighted by Crippen LogP contribution is -2.25. The third kappa shape index (κ3) is 3.60. The number of hydrogen-bond acceptors (Lipinski definition) is 1. The van der Waals surface area contributed by atoms with Crippen molar-refractivity contribution in [2.24, 2.45) is 0 Å². The second kappa shape index (κ2) is 7.64. The smallest absolute Gasteiger partial charge is 0.203 e. The predicted octanol–water partition coefficient (Wildman–Crippen LogP) is 5.31. The van der Waals surface area contributed by atoms with E-state index >= 15 is 0 Å². The third-order valence-corrected chi connectivity index (χ3v) is 5.33. The lowest BCUT2D eigenvalue weighted by atomic mass is 10.1. The number of rotatable bonds is 5. The number of aryl methyl sites for hydroxylation is 3. The van der Waals surface area contributed by atoms with E-state index in [2.05, 4.69) is 31.2 Å². The Morgan fingerprint density at radius 1 is 0.893 bits per heavy atom. The Bertz CT molecular complexity index is 1190. The van der Waals surface area contributed by atoms with Crippen molar-refractivity contribution in [2.45, 2.75) is 26.4 Å². The van der Waals surface area contributed by atoms with Gasteiger partial charge in [-0.05, 0) is 48.7 Å². The first-order valence-corrected chi connectivity index (χ1v) is 9.63. The predicted molar refractivity (Wildman–Crippen MR) is 111 cm³/mol. The van der Waals surface area contributed by atoms with Crippen LogP contribution in [0.5, 0.6) is 0 Å². The molecule has 142 valence electrons. The fourth-order valence-electron chi connectivity index (χ4n) is 3.50. The molecule has 1 N–H and O–H groups in total. The van der Waals surface area contributed by atoms with Crippen LogP contribution < -0.4 is 5.62 Å². The molecule has 0 bridgehead atoms. The van der Waals surface area contributed by atoms with Gasteiger partial charge in [0.05, 0.1) is 22.6 Å². The SMILES string of the molecule is Cc1ccc(CCn2c(=N)n(Cc3ccc(F)c(Cl)c3)c3ccccc32)cc1. The van der Waals surface area contributed by atoms with Gasteiger partial charge in [-0.3, -0.25) is 5.41 Å². The minimum atomic E-state index is -0.429.